The lowest BCUT2D eigenvalue weighted by Crippen LogP contribution is -2.34. The van der Waals surface area contributed by atoms with Crippen LogP contribution < -0.4 is 15.5 Å². The van der Waals surface area contributed by atoms with Gasteiger partial charge in [0.15, 0.2) is 0 Å². The van der Waals surface area contributed by atoms with Crippen LogP contribution in [-0.2, 0) is 30.5 Å². The van der Waals surface area contributed by atoms with E-state index in [-0.39, 0.29) is 22.8 Å². The number of amides is 2. The zero-order valence-electron chi connectivity index (χ0n) is 22.1. The first kappa shape index (κ1) is 28.7. The molecule has 0 spiro atoms. The number of esters is 1. The predicted octanol–water partition coefficient (Wildman–Crippen LogP) is 5.34. The number of rotatable bonds is 6. The van der Waals surface area contributed by atoms with Gasteiger partial charge in [-0.1, -0.05) is 29.3 Å². The maximum Gasteiger partial charge on any atom is 0.343 e. The SMILES string of the molecule is COC(=O)C1=C(C)N(c2cc(C)cc(C)c2)/C(=C/c2ccc(CNC(=O)C(=O)Nc3ccc(Cl)c(Cl)c3)o2)C1=O. The minimum absolute atomic E-state index is 0.0695. The number of ketones is 1. The Kier molecular flexibility index (Phi) is 8.46. The van der Waals surface area contributed by atoms with E-state index in [1.165, 1.54) is 31.4 Å². The fourth-order valence-electron chi connectivity index (χ4n) is 4.28. The molecule has 0 atom stereocenters. The van der Waals surface area contributed by atoms with Crippen molar-refractivity contribution in [3.63, 3.8) is 0 Å². The fraction of sp³-hybridized carbons (Fsp3) is 0.172. The average molecular weight is 582 g/mol. The molecule has 206 valence electrons. The van der Waals surface area contributed by atoms with Crippen LogP contribution in [-0.4, -0.2) is 30.7 Å². The van der Waals surface area contributed by atoms with E-state index < -0.39 is 23.6 Å². The quantitative estimate of drug-likeness (QED) is 0.175. The Balaban J connectivity index is 1.52. The molecule has 2 heterocycles. The van der Waals surface area contributed by atoms with E-state index in [0.29, 0.717) is 33.6 Å². The van der Waals surface area contributed by atoms with Crippen LogP contribution in [0.5, 0.6) is 0 Å². The van der Waals surface area contributed by atoms with Gasteiger partial charge in [0.2, 0.25) is 5.78 Å². The summed E-state index contributed by atoms with van der Waals surface area (Å²) < 4.78 is 10.6. The Labute approximate surface area is 240 Å². The number of carbonyl (C=O) groups is 4. The zero-order valence-corrected chi connectivity index (χ0v) is 23.6. The summed E-state index contributed by atoms with van der Waals surface area (Å²) in [4.78, 5) is 52.0. The Morgan fingerprint density at radius 2 is 1.65 bits per heavy atom. The molecule has 1 aliphatic heterocycles. The van der Waals surface area contributed by atoms with Crippen LogP contribution in [0.1, 0.15) is 29.6 Å². The van der Waals surface area contributed by atoms with Gasteiger partial charge in [-0.15, -0.1) is 0 Å². The Morgan fingerprint density at radius 1 is 0.950 bits per heavy atom. The standard InChI is InChI=1S/C29H25Cl2N3O6/c1-15-9-16(2)11-19(10-15)34-17(3)25(29(38)39-4)26(35)24(34)13-20-6-7-21(40-20)14-32-27(36)28(37)33-18-5-8-22(30)23(31)12-18/h5-13H,14H2,1-4H3,(H,32,36)(H,33,37)/b24-13+. The third kappa shape index (κ3) is 6.11. The minimum Gasteiger partial charge on any atom is -0.465 e. The number of methoxy groups -OCH3 is 1. The first-order valence-electron chi connectivity index (χ1n) is 12.1. The largest absolute Gasteiger partial charge is 0.465 e. The number of allylic oxidation sites excluding steroid dienone is 2. The second-order valence-electron chi connectivity index (χ2n) is 9.06. The van der Waals surface area contributed by atoms with Crippen molar-refractivity contribution in [3.8, 4) is 0 Å². The lowest BCUT2D eigenvalue weighted by atomic mass is 10.1. The number of halogens is 2. The van der Waals surface area contributed by atoms with Gasteiger partial charge in [0.1, 0.15) is 17.1 Å². The maximum atomic E-state index is 13.3. The number of benzene rings is 2. The molecular formula is C29H25Cl2N3O6. The normalized spacial score (nSPS) is 14.1. The van der Waals surface area contributed by atoms with Crippen LogP contribution in [0.4, 0.5) is 11.4 Å². The minimum atomic E-state index is -0.898. The van der Waals surface area contributed by atoms with E-state index in [2.05, 4.69) is 10.6 Å². The maximum absolute atomic E-state index is 13.3. The van der Waals surface area contributed by atoms with E-state index in [1.54, 1.807) is 24.0 Å². The van der Waals surface area contributed by atoms with E-state index in [0.717, 1.165) is 11.1 Å². The van der Waals surface area contributed by atoms with Crippen molar-refractivity contribution in [2.75, 3.05) is 17.3 Å². The van der Waals surface area contributed by atoms with Crippen LogP contribution in [0.2, 0.25) is 10.0 Å². The van der Waals surface area contributed by atoms with Crippen LogP contribution in [0, 0.1) is 13.8 Å². The molecule has 1 aromatic heterocycles. The van der Waals surface area contributed by atoms with Gasteiger partial charge in [-0.05, 0) is 74.4 Å². The molecule has 0 fully saturated rings. The lowest BCUT2D eigenvalue weighted by molar-refractivity contribution is -0.137. The van der Waals surface area contributed by atoms with Gasteiger partial charge in [0.05, 0.1) is 29.4 Å². The summed E-state index contributed by atoms with van der Waals surface area (Å²) in [7, 11) is 1.22. The third-order valence-corrected chi connectivity index (χ3v) is 6.76. The number of nitrogens with zero attached hydrogens (tertiary/aromatic N) is 1. The second kappa shape index (κ2) is 11.8. The molecule has 0 unspecified atom stereocenters. The number of anilines is 2. The van der Waals surface area contributed by atoms with Crippen LogP contribution in [0.25, 0.3) is 6.08 Å². The molecule has 0 saturated carbocycles. The van der Waals surface area contributed by atoms with Crippen molar-refractivity contribution < 1.29 is 28.3 Å². The van der Waals surface area contributed by atoms with Crippen LogP contribution in [0.3, 0.4) is 0 Å². The number of nitrogens with one attached hydrogen (secondary N) is 2. The monoisotopic (exact) mass is 581 g/mol. The Bertz CT molecular complexity index is 1580. The highest BCUT2D eigenvalue weighted by Crippen LogP contribution is 2.36. The summed E-state index contributed by atoms with van der Waals surface area (Å²) >= 11 is 11.8. The molecular weight excluding hydrogens is 557 g/mol. The van der Waals surface area contributed by atoms with Crippen molar-refractivity contribution in [2.24, 2.45) is 0 Å². The summed E-state index contributed by atoms with van der Waals surface area (Å²) in [5, 5.41) is 5.46. The highest BCUT2D eigenvalue weighted by atomic mass is 35.5. The molecule has 1 aliphatic rings. The molecule has 0 radical (unpaired) electrons. The molecule has 40 heavy (non-hydrogen) atoms. The number of hydrogen-bond donors (Lipinski definition) is 2. The number of aryl methyl sites for hydroxylation is 2. The fourth-order valence-corrected chi connectivity index (χ4v) is 4.58. The Hall–Kier alpha value is -4.34. The van der Waals surface area contributed by atoms with Crippen LogP contribution in [0.15, 0.2) is 69.9 Å². The van der Waals surface area contributed by atoms with Crippen molar-refractivity contribution in [1.82, 2.24) is 5.32 Å². The van der Waals surface area contributed by atoms with E-state index in [4.69, 9.17) is 32.4 Å². The highest BCUT2D eigenvalue weighted by Gasteiger charge is 2.38. The summed E-state index contributed by atoms with van der Waals surface area (Å²) in [5.41, 5.74) is 3.56. The van der Waals surface area contributed by atoms with Gasteiger partial charge in [-0.2, -0.15) is 0 Å². The molecule has 9 nitrogen and oxygen atoms in total. The molecule has 2 N–H and O–H groups in total. The topological polar surface area (TPSA) is 118 Å². The zero-order chi connectivity index (χ0) is 29.1. The van der Waals surface area contributed by atoms with E-state index >= 15 is 0 Å². The van der Waals surface area contributed by atoms with Crippen molar-refractivity contribution in [2.45, 2.75) is 27.3 Å². The molecule has 3 aromatic rings. The van der Waals surface area contributed by atoms with Gasteiger partial charge < -0.3 is 24.7 Å². The van der Waals surface area contributed by atoms with Gasteiger partial charge in [-0.25, -0.2) is 4.79 Å². The number of furan rings is 1. The number of carbonyl (C=O) groups excluding carboxylic acids is 4. The van der Waals surface area contributed by atoms with Crippen molar-refractivity contribution in [3.05, 3.63) is 98.2 Å². The van der Waals surface area contributed by atoms with Gasteiger partial charge in [0, 0.05) is 23.1 Å². The smallest absolute Gasteiger partial charge is 0.343 e. The van der Waals surface area contributed by atoms with Gasteiger partial charge >= 0.3 is 17.8 Å². The average Bonchev–Trinajstić information content (AvgIpc) is 3.45. The first-order valence-corrected chi connectivity index (χ1v) is 12.8. The summed E-state index contributed by atoms with van der Waals surface area (Å²) in [6, 6.07) is 13.5. The van der Waals surface area contributed by atoms with Crippen molar-refractivity contribution >= 4 is 64.2 Å². The van der Waals surface area contributed by atoms with Gasteiger partial charge in [0.25, 0.3) is 0 Å². The van der Waals surface area contributed by atoms with Crippen LogP contribution >= 0.6 is 23.2 Å². The lowest BCUT2D eigenvalue weighted by Gasteiger charge is -2.22. The Morgan fingerprint density at radius 3 is 2.30 bits per heavy atom. The molecule has 0 saturated heterocycles. The third-order valence-electron chi connectivity index (χ3n) is 6.02. The number of ether oxygens (including phenoxy) is 1. The second-order valence-corrected chi connectivity index (χ2v) is 9.88. The van der Waals surface area contributed by atoms with E-state index in [9.17, 15) is 19.2 Å². The first-order chi connectivity index (χ1) is 19.0. The summed E-state index contributed by atoms with van der Waals surface area (Å²) in [6.07, 6.45) is 1.52. The molecule has 2 aromatic carbocycles. The summed E-state index contributed by atoms with van der Waals surface area (Å²) in [6.45, 7) is 5.47. The number of Topliss-reactive ketones (excluding diaryl/α,β-unsaturated/α-hetero) is 1. The van der Waals surface area contributed by atoms with Crippen molar-refractivity contribution in [1.29, 1.82) is 0 Å². The predicted molar refractivity (Wildman–Crippen MR) is 152 cm³/mol. The molecule has 0 bridgehead atoms. The molecule has 2 amide bonds. The molecule has 11 heteroatoms. The number of hydrogen-bond acceptors (Lipinski definition) is 7. The molecule has 0 aliphatic carbocycles. The van der Waals surface area contributed by atoms with E-state index in [1.807, 2.05) is 32.0 Å². The van der Waals surface area contributed by atoms with Gasteiger partial charge in [-0.3, -0.25) is 14.4 Å². The summed E-state index contributed by atoms with van der Waals surface area (Å²) in [5.74, 6) is -2.39. The molecule has 4 rings (SSSR count). The highest BCUT2D eigenvalue weighted by molar-refractivity contribution is 6.43.